The van der Waals surface area contributed by atoms with Crippen molar-refractivity contribution in [3.8, 4) is 0 Å². The minimum Gasteiger partial charge on any atom is -0.394 e. The molecule has 0 heterocycles. The standard InChI is InChI=1S/C27H45NO4/c1-18(5-10-25(31)28(32-4)15-16-29)22-8-9-23-21-7-6-19-17-20(30)11-13-26(19,2)24(21)12-14-27(22,23)3/h6,18,20-24,29-30H,5,7-17H2,1-4H3/t18-,20+,21+,22-,23+,24+,26+,27-/m1/s1. The molecule has 3 fully saturated rings. The topological polar surface area (TPSA) is 70.0 Å². The van der Waals surface area contributed by atoms with Crippen molar-refractivity contribution in [3.63, 3.8) is 0 Å². The summed E-state index contributed by atoms with van der Waals surface area (Å²) in [5.41, 5.74) is 2.23. The first kappa shape index (κ1) is 24.2. The van der Waals surface area contributed by atoms with Crippen LogP contribution in [0.25, 0.3) is 0 Å². The zero-order chi connectivity index (χ0) is 23.1. The number of aliphatic hydroxyl groups excluding tert-OH is 2. The zero-order valence-corrected chi connectivity index (χ0v) is 20.7. The largest absolute Gasteiger partial charge is 0.394 e. The Morgan fingerprint density at radius 3 is 2.72 bits per heavy atom. The van der Waals surface area contributed by atoms with Crippen LogP contribution in [0.3, 0.4) is 0 Å². The van der Waals surface area contributed by atoms with E-state index in [1.807, 2.05) is 0 Å². The van der Waals surface area contributed by atoms with Crippen LogP contribution in [-0.4, -0.2) is 47.5 Å². The molecule has 4 aliphatic carbocycles. The van der Waals surface area contributed by atoms with Gasteiger partial charge in [-0.25, -0.2) is 5.06 Å². The van der Waals surface area contributed by atoms with Gasteiger partial charge in [-0.3, -0.25) is 9.63 Å². The Labute approximate surface area is 194 Å². The van der Waals surface area contributed by atoms with Crippen molar-refractivity contribution < 1.29 is 19.8 Å². The van der Waals surface area contributed by atoms with Crippen molar-refractivity contribution in [2.75, 3.05) is 20.3 Å². The quantitative estimate of drug-likeness (QED) is 0.437. The number of allylic oxidation sites excluding steroid dienone is 1. The number of rotatable bonds is 7. The normalized spacial score (nSPS) is 41.8. The van der Waals surface area contributed by atoms with Gasteiger partial charge in [-0.2, -0.15) is 0 Å². The van der Waals surface area contributed by atoms with Crippen LogP contribution in [0.2, 0.25) is 0 Å². The van der Waals surface area contributed by atoms with Gasteiger partial charge in [0.15, 0.2) is 0 Å². The molecule has 0 spiro atoms. The molecule has 0 aromatic heterocycles. The predicted octanol–water partition coefficient (Wildman–Crippen LogP) is 4.72. The Bertz CT molecular complexity index is 722. The zero-order valence-electron chi connectivity index (χ0n) is 20.7. The number of carbonyl (C=O) groups excluding carboxylic acids is 1. The lowest BCUT2D eigenvalue weighted by Crippen LogP contribution is -2.50. The summed E-state index contributed by atoms with van der Waals surface area (Å²) in [6, 6.07) is 0. The summed E-state index contributed by atoms with van der Waals surface area (Å²) in [4.78, 5) is 17.6. The average molecular weight is 448 g/mol. The van der Waals surface area contributed by atoms with Crippen LogP contribution >= 0.6 is 0 Å². The second kappa shape index (κ2) is 9.38. The van der Waals surface area contributed by atoms with Crippen molar-refractivity contribution in [2.24, 2.45) is 40.4 Å². The molecule has 0 unspecified atom stereocenters. The van der Waals surface area contributed by atoms with Crippen LogP contribution in [0.5, 0.6) is 0 Å². The second-order valence-corrected chi connectivity index (χ2v) is 11.8. The van der Waals surface area contributed by atoms with Gasteiger partial charge in [0.1, 0.15) is 0 Å². The molecular formula is C27H45NO4. The van der Waals surface area contributed by atoms with Gasteiger partial charge in [-0.15, -0.1) is 0 Å². The van der Waals surface area contributed by atoms with Crippen molar-refractivity contribution >= 4 is 5.91 Å². The van der Waals surface area contributed by atoms with Crippen molar-refractivity contribution in [1.29, 1.82) is 0 Å². The molecule has 32 heavy (non-hydrogen) atoms. The van der Waals surface area contributed by atoms with Crippen molar-refractivity contribution in [3.05, 3.63) is 11.6 Å². The molecule has 1 amide bonds. The first-order valence-corrected chi connectivity index (χ1v) is 13.1. The van der Waals surface area contributed by atoms with Crippen LogP contribution < -0.4 is 0 Å². The fourth-order valence-electron chi connectivity index (χ4n) is 8.70. The summed E-state index contributed by atoms with van der Waals surface area (Å²) in [5, 5.41) is 20.7. The average Bonchev–Trinajstić information content (AvgIpc) is 3.13. The first-order valence-electron chi connectivity index (χ1n) is 13.1. The molecule has 0 saturated heterocycles. The fraction of sp³-hybridized carbons (Fsp3) is 0.889. The van der Waals surface area contributed by atoms with Gasteiger partial charge in [0, 0.05) is 6.42 Å². The highest BCUT2D eigenvalue weighted by Gasteiger charge is 2.59. The summed E-state index contributed by atoms with van der Waals surface area (Å²) in [5.74, 6) is 3.53. The maximum Gasteiger partial charge on any atom is 0.246 e. The van der Waals surface area contributed by atoms with Gasteiger partial charge in [0.2, 0.25) is 5.91 Å². The molecule has 0 aromatic carbocycles. The highest BCUT2D eigenvalue weighted by molar-refractivity contribution is 5.75. The number of amides is 1. The third-order valence-corrected chi connectivity index (χ3v) is 10.5. The van der Waals surface area contributed by atoms with E-state index in [9.17, 15) is 9.90 Å². The lowest BCUT2D eigenvalue weighted by Gasteiger charge is -2.58. The molecule has 0 bridgehead atoms. The number of fused-ring (bicyclic) bond motifs is 5. The Morgan fingerprint density at radius 2 is 2.00 bits per heavy atom. The van der Waals surface area contributed by atoms with E-state index >= 15 is 0 Å². The van der Waals surface area contributed by atoms with Crippen molar-refractivity contribution in [2.45, 2.75) is 91.1 Å². The molecule has 0 radical (unpaired) electrons. The highest BCUT2D eigenvalue weighted by Crippen LogP contribution is 2.67. The number of nitrogens with zero attached hydrogens (tertiary/aromatic N) is 1. The lowest BCUT2D eigenvalue weighted by atomic mass is 9.47. The molecule has 2 N–H and O–H groups in total. The third-order valence-electron chi connectivity index (χ3n) is 10.5. The minimum atomic E-state index is -0.134. The number of carbonyl (C=O) groups is 1. The van der Waals surface area contributed by atoms with Gasteiger partial charge < -0.3 is 10.2 Å². The van der Waals surface area contributed by atoms with Crippen LogP contribution in [-0.2, 0) is 9.63 Å². The van der Waals surface area contributed by atoms with Gasteiger partial charge in [-0.05, 0) is 98.2 Å². The number of hydroxylamine groups is 2. The Balaban J connectivity index is 1.43. The lowest BCUT2D eigenvalue weighted by molar-refractivity contribution is -0.178. The maximum atomic E-state index is 12.5. The third kappa shape index (κ3) is 4.07. The van der Waals surface area contributed by atoms with E-state index in [1.54, 1.807) is 5.57 Å². The predicted molar refractivity (Wildman–Crippen MR) is 125 cm³/mol. The van der Waals surface area contributed by atoms with E-state index < -0.39 is 0 Å². The summed E-state index contributed by atoms with van der Waals surface area (Å²) in [7, 11) is 1.50. The van der Waals surface area contributed by atoms with Crippen molar-refractivity contribution in [1.82, 2.24) is 5.06 Å². The molecule has 0 aliphatic heterocycles. The molecular weight excluding hydrogens is 402 g/mol. The summed E-state index contributed by atoms with van der Waals surface area (Å²) < 4.78 is 0. The summed E-state index contributed by atoms with van der Waals surface area (Å²) in [6.07, 6.45) is 13.2. The smallest absolute Gasteiger partial charge is 0.246 e. The van der Waals surface area contributed by atoms with Crippen LogP contribution in [0.1, 0.15) is 85.0 Å². The Morgan fingerprint density at radius 1 is 1.22 bits per heavy atom. The molecule has 3 saturated carbocycles. The van der Waals surface area contributed by atoms with Gasteiger partial charge in [-0.1, -0.05) is 32.4 Å². The highest BCUT2D eigenvalue weighted by atomic mass is 16.7. The van der Waals surface area contributed by atoms with Gasteiger partial charge in [0.25, 0.3) is 0 Å². The molecule has 8 atom stereocenters. The monoisotopic (exact) mass is 447 g/mol. The Hall–Kier alpha value is -0.910. The van der Waals surface area contributed by atoms with E-state index in [-0.39, 0.29) is 25.2 Å². The van der Waals surface area contributed by atoms with E-state index in [0.29, 0.717) is 29.1 Å². The van der Waals surface area contributed by atoms with E-state index in [2.05, 4.69) is 26.8 Å². The maximum absolute atomic E-state index is 12.5. The van der Waals surface area contributed by atoms with Gasteiger partial charge >= 0.3 is 0 Å². The van der Waals surface area contributed by atoms with E-state index in [1.165, 1.54) is 44.3 Å². The van der Waals surface area contributed by atoms with Crippen LogP contribution in [0.4, 0.5) is 0 Å². The van der Waals surface area contributed by atoms with E-state index in [4.69, 9.17) is 9.94 Å². The number of hydrogen-bond donors (Lipinski definition) is 2. The Kier molecular flexibility index (Phi) is 7.10. The number of aliphatic hydroxyl groups is 2. The van der Waals surface area contributed by atoms with Gasteiger partial charge in [0.05, 0.1) is 26.4 Å². The number of hydrogen-bond acceptors (Lipinski definition) is 4. The van der Waals surface area contributed by atoms with Crippen LogP contribution in [0, 0.1) is 40.4 Å². The fourth-order valence-corrected chi connectivity index (χ4v) is 8.70. The SMILES string of the molecule is CON(CCO)C(=O)CC[C@@H](C)[C@H]1CC[C@H]2[C@@H]3CC=C4C[C@@H](O)CC[C@]4(C)[C@H]3CC[C@]12C. The molecule has 0 aromatic rings. The molecule has 182 valence electrons. The van der Waals surface area contributed by atoms with E-state index in [0.717, 1.165) is 43.4 Å². The first-order chi connectivity index (χ1) is 15.2. The molecule has 5 nitrogen and oxygen atoms in total. The molecule has 5 heteroatoms. The summed E-state index contributed by atoms with van der Waals surface area (Å²) >= 11 is 0. The van der Waals surface area contributed by atoms with Crippen LogP contribution in [0.15, 0.2) is 11.6 Å². The molecule has 4 rings (SSSR count). The minimum absolute atomic E-state index is 0.0193. The summed E-state index contributed by atoms with van der Waals surface area (Å²) in [6.45, 7) is 7.57. The second-order valence-electron chi connectivity index (χ2n) is 11.8. The molecule has 4 aliphatic rings.